The van der Waals surface area contributed by atoms with E-state index < -0.39 is 0 Å². The van der Waals surface area contributed by atoms with Crippen LogP contribution in [0.15, 0.2) is 79.8 Å². The van der Waals surface area contributed by atoms with Gasteiger partial charge in [-0.3, -0.25) is 9.36 Å². The lowest BCUT2D eigenvalue weighted by atomic mass is 10.1. The molecule has 1 amide bonds. The van der Waals surface area contributed by atoms with Crippen LogP contribution >= 0.6 is 0 Å². The van der Waals surface area contributed by atoms with Crippen LogP contribution in [0.1, 0.15) is 30.9 Å². The van der Waals surface area contributed by atoms with Crippen molar-refractivity contribution in [1.29, 1.82) is 0 Å². The minimum absolute atomic E-state index is 0.0598. The Bertz CT molecular complexity index is 1750. The number of nitrogens with one attached hydrogen (secondary N) is 1. The van der Waals surface area contributed by atoms with E-state index in [4.69, 9.17) is 15.7 Å². The monoisotopic (exact) mass is 575 g/mol. The van der Waals surface area contributed by atoms with Crippen LogP contribution in [0.25, 0.3) is 34.1 Å². The SMILES string of the molecule is C=CC(=O)N1CCC(NC)CC1.CC1Cc2ccc(-n3c(-c4cccnc4N)nc4ccc(-n5cccn5)nc43)cc2C1. The van der Waals surface area contributed by atoms with E-state index in [1.807, 2.05) is 48.5 Å². The summed E-state index contributed by atoms with van der Waals surface area (Å²) in [4.78, 5) is 27.1. The minimum Gasteiger partial charge on any atom is -0.383 e. The molecular formula is C33H37N9O. The fourth-order valence-electron chi connectivity index (χ4n) is 5.99. The van der Waals surface area contributed by atoms with E-state index in [9.17, 15) is 4.79 Å². The molecule has 0 radical (unpaired) electrons. The number of hydrogen-bond acceptors (Lipinski definition) is 7. The Kier molecular flexibility index (Phi) is 8.02. The number of fused-ring (bicyclic) bond motifs is 2. The van der Waals surface area contributed by atoms with E-state index in [1.165, 1.54) is 17.2 Å². The van der Waals surface area contributed by atoms with E-state index in [2.05, 4.69) is 51.7 Å². The van der Waals surface area contributed by atoms with Crippen LogP contribution in [0.5, 0.6) is 0 Å². The molecule has 1 aromatic carbocycles. The minimum atomic E-state index is 0.0598. The first-order chi connectivity index (χ1) is 20.9. The lowest BCUT2D eigenvalue weighted by Gasteiger charge is -2.30. The zero-order chi connectivity index (χ0) is 29.9. The number of carbonyl (C=O) groups is 1. The molecule has 4 aromatic heterocycles. The van der Waals surface area contributed by atoms with Gasteiger partial charge in [0.2, 0.25) is 5.91 Å². The Morgan fingerprint density at radius 2 is 1.86 bits per heavy atom. The molecule has 10 nitrogen and oxygen atoms in total. The zero-order valence-corrected chi connectivity index (χ0v) is 24.6. The number of pyridine rings is 2. The molecule has 5 aromatic rings. The fourth-order valence-corrected chi connectivity index (χ4v) is 5.99. The summed E-state index contributed by atoms with van der Waals surface area (Å²) in [6.07, 6.45) is 11.0. The van der Waals surface area contributed by atoms with Crippen molar-refractivity contribution in [3.8, 4) is 22.9 Å². The first kappa shape index (κ1) is 28.3. The highest BCUT2D eigenvalue weighted by Gasteiger charge is 2.22. The number of rotatable bonds is 5. The summed E-state index contributed by atoms with van der Waals surface area (Å²) in [5, 5.41) is 7.54. The van der Waals surface area contributed by atoms with Crippen LogP contribution in [-0.4, -0.2) is 66.3 Å². The van der Waals surface area contributed by atoms with Crippen molar-refractivity contribution >= 4 is 22.9 Å². The largest absolute Gasteiger partial charge is 0.383 e. The number of benzene rings is 1. The summed E-state index contributed by atoms with van der Waals surface area (Å²) in [6.45, 7) is 7.48. The van der Waals surface area contributed by atoms with Crippen molar-refractivity contribution in [1.82, 2.24) is 39.5 Å². The first-order valence-corrected chi connectivity index (χ1v) is 14.8. The topological polar surface area (TPSA) is 120 Å². The molecule has 5 heterocycles. The molecule has 7 rings (SSSR count). The van der Waals surface area contributed by atoms with E-state index in [1.54, 1.807) is 17.1 Å². The number of likely N-dealkylation sites (tertiary alicyclic amines) is 1. The van der Waals surface area contributed by atoms with Gasteiger partial charge in [-0.15, -0.1) is 0 Å². The van der Waals surface area contributed by atoms with E-state index >= 15 is 0 Å². The number of nitrogens with two attached hydrogens (primary N) is 1. The van der Waals surface area contributed by atoms with Gasteiger partial charge in [0, 0.05) is 43.4 Å². The van der Waals surface area contributed by atoms with E-state index in [-0.39, 0.29) is 5.91 Å². The van der Waals surface area contributed by atoms with Gasteiger partial charge in [-0.2, -0.15) is 5.10 Å². The van der Waals surface area contributed by atoms with Crippen LogP contribution in [0, 0.1) is 5.92 Å². The van der Waals surface area contributed by atoms with Crippen molar-refractivity contribution in [3.63, 3.8) is 0 Å². The Labute approximate surface area is 251 Å². The third kappa shape index (κ3) is 5.78. The standard InChI is InChI=1S/C24H21N7.C9H16N2O/c1-15-12-16-5-6-18(14-17(16)13-15)31-23(19-4-2-9-26-22(19)25)28-20-7-8-21(29-24(20)31)30-11-3-10-27-30;1-3-9(12)11-6-4-8(10-2)5-7-11/h2-11,14-15H,12-13H2,1H3,(H2,25,26);3,8,10H,1,4-7H2,2H3. The number of amides is 1. The Morgan fingerprint density at radius 3 is 2.58 bits per heavy atom. The van der Waals surface area contributed by atoms with Crippen LogP contribution in [0.2, 0.25) is 0 Å². The molecule has 2 aliphatic rings. The second-order valence-corrected chi connectivity index (χ2v) is 11.2. The second kappa shape index (κ2) is 12.2. The third-order valence-electron chi connectivity index (χ3n) is 8.28. The average Bonchev–Trinajstić information content (AvgIpc) is 3.79. The smallest absolute Gasteiger partial charge is 0.245 e. The normalized spacial score (nSPS) is 16.5. The number of nitrogen functional groups attached to an aromatic ring is 1. The maximum atomic E-state index is 11.1. The molecule has 1 saturated heterocycles. The van der Waals surface area contributed by atoms with Crippen molar-refractivity contribution < 1.29 is 4.79 Å². The van der Waals surface area contributed by atoms with Crippen molar-refractivity contribution in [2.24, 2.45) is 5.92 Å². The summed E-state index contributed by atoms with van der Waals surface area (Å²) in [7, 11) is 1.97. The van der Waals surface area contributed by atoms with Gasteiger partial charge in [0.25, 0.3) is 0 Å². The number of nitrogens with zero attached hydrogens (tertiary/aromatic N) is 7. The van der Waals surface area contributed by atoms with Crippen LogP contribution < -0.4 is 11.1 Å². The summed E-state index contributed by atoms with van der Waals surface area (Å²) in [6, 6.07) is 16.8. The van der Waals surface area contributed by atoms with Gasteiger partial charge >= 0.3 is 0 Å². The predicted octanol–water partition coefficient (Wildman–Crippen LogP) is 4.37. The highest BCUT2D eigenvalue weighted by Crippen LogP contribution is 2.33. The molecule has 0 bridgehead atoms. The van der Waals surface area contributed by atoms with Gasteiger partial charge in [-0.1, -0.05) is 19.6 Å². The number of aromatic nitrogens is 6. The molecule has 10 heteroatoms. The van der Waals surface area contributed by atoms with Gasteiger partial charge in [0.1, 0.15) is 11.3 Å². The first-order valence-electron chi connectivity index (χ1n) is 14.8. The van der Waals surface area contributed by atoms with Crippen molar-refractivity contribution in [3.05, 3.63) is 90.9 Å². The molecule has 43 heavy (non-hydrogen) atoms. The summed E-state index contributed by atoms with van der Waals surface area (Å²) < 4.78 is 3.83. The van der Waals surface area contributed by atoms with Gasteiger partial charge in [0.05, 0.1) is 5.56 Å². The van der Waals surface area contributed by atoms with Crippen molar-refractivity contribution in [2.75, 3.05) is 25.9 Å². The maximum absolute atomic E-state index is 11.1. The zero-order valence-electron chi connectivity index (χ0n) is 24.6. The molecule has 1 unspecified atom stereocenters. The third-order valence-corrected chi connectivity index (χ3v) is 8.28. The Hall–Kier alpha value is -4.83. The van der Waals surface area contributed by atoms with Crippen LogP contribution in [-0.2, 0) is 17.6 Å². The van der Waals surface area contributed by atoms with Crippen LogP contribution in [0.4, 0.5) is 5.82 Å². The summed E-state index contributed by atoms with van der Waals surface area (Å²) in [5.74, 6) is 2.64. The maximum Gasteiger partial charge on any atom is 0.245 e. The molecule has 220 valence electrons. The summed E-state index contributed by atoms with van der Waals surface area (Å²) in [5.41, 5.74) is 12.4. The number of anilines is 1. The quantitative estimate of drug-likeness (QED) is 0.299. The number of imidazole rings is 1. The highest BCUT2D eigenvalue weighted by atomic mass is 16.2. The molecule has 0 saturated carbocycles. The molecule has 1 aliphatic carbocycles. The van der Waals surface area contributed by atoms with Gasteiger partial charge in [-0.05, 0) is 98.3 Å². The fraction of sp³-hybridized carbons (Fsp3) is 0.303. The Balaban J connectivity index is 0.000000232. The van der Waals surface area contributed by atoms with E-state index in [0.29, 0.717) is 17.8 Å². The molecule has 1 aliphatic heterocycles. The van der Waals surface area contributed by atoms with Gasteiger partial charge in [0.15, 0.2) is 17.3 Å². The highest BCUT2D eigenvalue weighted by molar-refractivity contribution is 5.87. The number of hydrogen-bond donors (Lipinski definition) is 2. The molecule has 0 spiro atoms. The van der Waals surface area contributed by atoms with Gasteiger partial charge in [-0.25, -0.2) is 19.6 Å². The van der Waals surface area contributed by atoms with Crippen LogP contribution in [0.3, 0.4) is 0 Å². The van der Waals surface area contributed by atoms with E-state index in [0.717, 1.165) is 72.8 Å². The Morgan fingerprint density at radius 1 is 1.05 bits per heavy atom. The molecule has 1 atom stereocenters. The molecular weight excluding hydrogens is 538 g/mol. The number of carbonyl (C=O) groups excluding carboxylic acids is 1. The average molecular weight is 576 g/mol. The molecule has 1 fully saturated rings. The summed E-state index contributed by atoms with van der Waals surface area (Å²) >= 11 is 0. The van der Waals surface area contributed by atoms with Gasteiger partial charge < -0.3 is 16.0 Å². The predicted molar refractivity (Wildman–Crippen MR) is 169 cm³/mol. The number of piperidine rings is 1. The second-order valence-electron chi connectivity index (χ2n) is 11.2. The van der Waals surface area contributed by atoms with Crippen molar-refractivity contribution in [2.45, 2.75) is 38.6 Å². The lowest BCUT2D eigenvalue weighted by Crippen LogP contribution is -2.43. The molecule has 3 N–H and O–H groups in total. The lowest BCUT2D eigenvalue weighted by molar-refractivity contribution is -0.127.